The maximum atomic E-state index is 12.4. The lowest BCUT2D eigenvalue weighted by molar-refractivity contribution is -0.127. The fourth-order valence-electron chi connectivity index (χ4n) is 2.11. The predicted octanol–water partition coefficient (Wildman–Crippen LogP) is 1.66. The topological polar surface area (TPSA) is 45.2 Å². The third-order valence-corrected chi connectivity index (χ3v) is 3.50. The lowest BCUT2D eigenvalue weighted by Gasteiger charge is -2.26. The average molecular weight is 259 g/mol. The summed E-state index contributed by atoms with van der Waals surface area (Å²) in [6.07, 6.45) is 0. The van der Waals surface area contributed by atoms with E-state index < -0.39 is 0 Å². The maximum Gasteiger partial charge on any atom is 0.249 e. The normalized spacial score (nSPS) is 13.9. The van der Waals surface area contributed by atoms with E-state index >= 15 is 0 Å². The van der Waals surface area contributed by atoms with Crippen molar-refractivity contribution in [3.63, 3.8) is 0 Å². The minimum Gasteiger partial charge on any atom is -0.333 e. The Morgan fingerprint density at radius 1 is 1.42 bits per heavy atom. The maximum absolute atomic E-state index is 12.4. The number of amides is 1. The Bertz CT molecular complexity index is 502. The third-order valence-electron chi connectivity index (χ3n) is 3.50. The molecule has 0 aromatic carbocycles. The van der Waals surface area contributed by atoms with Gasteiger partial charge in [0.1, 0.15) is 0 Å². The second kappa shape index (κ2) is 5.97. The molecule has 1 aliphatic rings. The number of carbonyl (C=O) groups excluding carboxylic acids is 1. The molecule has 1 aliphatic heterocycles. The van der Waals surface area contributed by atoms with Crippen LogP contribution >= 0.6 is 0 Å². The van der Waals surface area contributed by atoms with Gasteiger partial charge in [0.15, 0.2) is 0 Å². The van der Waals surface area contributed by atoms with Crippen molar-refractivity contribution < 1.29 is 4.79 Å². The highest BCUT2D eigenvalue weighted by Gasteiger charge is 2.20. The van der Waals surface area contributed by atoms with Gasteiger partial charge in [0.2, 0.25) is 5.91 Å². The number of aryl methyl sites for hydroxylation is 1. The molecule has 2 rings (SSSR count). The zero-order chi connectivity index (χ0) is 13.8. The average Bonchev–Trinajstić information content (AvgIpc) is 2.33. The molecule has 1 fully saturated rings. The molecule has 0 unspecified atom stereocenters. The van der Waals surface area contributed by atoms with E-state index in [4.69, 9.17) is 0 Å². The Kier molecular flexibility index (Phi) is 4.32. The number of pyridine rings is 1. The number of likely N-dealkylation sites (N-methyl/N-ethyl adjacent to an activating group) is 1. The summed E-state index contributed by atoms with van der Waals surface area (Å²) in [5.74, 6) is 0.127. The van der Waals surface area contributed by atoms with E-state index in [-0.39, 0.29) is 5.91 Å². The lowest BCUT2D eigenvalue weighted by Crippen LogP contribution is -2.39. The van der Waals surface area contributed by atoms with Crippen LogP contribution in [0.25, 0.3) is 0 Å². The smallest absolute Gasteiger partial charge is 0.249 e. The quantitative estimate of drug-likeness (QED) is 0.836. The van der Waals surface area contributed by atoms with Gasteiger partial charge in [-0.25, -0.2) is 0 Å². The molecule has 2 heterocycles. The second-order valence-corrected chi connectivity index (χ2v) is 4.92. The number of rotatable bonds is 4. The minimum atomic E-state index is 0.127. The van der Waals surface area contributed by atoms with Gasteiger partial charge in [-0.2, -0.15) is 0 Å². The van der Waals surface area contributed by atoms with Gasteiger partial charge < -0.3 is 10.2 Å². The summed E-state index contributed by atoms with van der Waals surface area (Å²) in [5, 5.41) is 3.17. The summed E-state index contributed by atoms with van der Waals surface area (Å²) >= 11 is 0. The summed E-state index contributed by atoms with van der Waals surface area (Å²) in [6.45, 7) is 8.86. The molecular formula is C15H21N3O. The van der Waals surface area contributed by atoms with Crippen molar-refractivity contribution in [3.8, 4) is 0 Å². The molecule has 1 saturated heterocycles. The Labute approximate surface area is 114 Å². The molecule has 19 heavy (non-hydrogen) atoms. The third kappa shape index (κ3) is 3.20. The number of hydrogen-bond donors (Lipinski definition) is 1. The number of nitrogens with one attached hydrogen (secondary N) is 1. The molecule has 1 aromatic rings. The summed E-state index contributed by atoms with van der Waals surface area (Å²) in [6, 6.07) is 5.92. The van der Waals surface area contributed by atoms with Crippen LogP contribution in [0.4, 0.5) is 0 Å². The number of nitrogens with zero attached hydrogens (tertiary/aromatic N) is 2. The molecule has 0 spiro atoms. The number of hydrogen-bond acceptors (Lipinski definition) is 3. The molecular weight excluding hydrogens is 238 g/mol. The molecule has 4 nitrogen and oxygen atoms in total. The lowest BCUT2D eigenvalue weighted by atomic mass is 10.0. The van der Waals surface area contributed by atoms with Crippen molar-refractivity contribution >= 4 is 5.91 Å². The van der Waals surface area contributed by atoms with Crippen molar-refractivity contribution in [2.75, 3.05) is 19.6 Å². The van der Waals surface area contributed by atoms with E-state index in [1.165, 1.54) is 5.57 Å². The van der Waals surface area contributed by atoms with E-state index in [2.05, 4.69) is 10.3 Å². The van der Waals surface area contributed by atoms with Crippen LogP contribution in [0.2, 0.25) is 0 Å². The number of aromatic nitrogens is 1. The molecule has 0 radical (unpaired) electrons. The van der Waals surface area contributed by atoms with E-state index in [1.54, 1.807) is 0 Å². The van der Waals surface area contributed by atoms with Crippen molar-refractivity contribution in [2.24, 2.45) is 0 Å². The van der Waals surface area contributed by atoms with Crippen LogP contribution < -0.4 is 5.32 Å². The Hall–Kier alpha value is -1.68. The monoisotopic (exact) mass is 259 g/mol. The van der Waals surface area contributed by atoms with Crippen LogP contribution in [-0.2, 0) is 11.3 Å². The number of carbonyl (C=O) groups is 1. The van der Waals surface area contributed by atoms with Gasteiger partial charge in [0.25, 0.3) is 0 Å². The van der Waals surface area contributed by atoms with Crippen molar-refractivity contribution in [3.05, 3.63) is 40.7 Å². The summed E-state index contributed by atoms with van der Waals surface area (Å²) in [7, 11) is 0. The van der Waals surface area contributed by atoms with Crippen LogP contribution in [0.1, 0.15) is 25.2 Å². The summed E-state index contributed by atoms with van der Waals surface area (Å²) < 4.78 is 0. The second-order valence-electron chi connectivity index (χ2n) is 4.92. The van der Waals surface area contributed by atoms with Gasteiger partial charge in [-0.05, 0) is 38.5 Å². The molecule has 102 valence electrons. The standard InChI is InChI=1S/C15H21N3O/c1-4-18(10-14-7-5-6-11(2)17-14)15(19)12(3)13-8-16-9-13/h5-7,16H,4,8-10H2,1-3H3. The van der Waals surface area contributed by atoms with Crippen molar-refractivity contribution in [1.29, 1.82) is 0 Å². The first-order chi connectivity index (χ1) is 9.11. The van der Waals surface area contributed by atoms with E-state index in [0.717, 1.165) is 30.1 Å². The highest BCUT2D eigenvalue weighted by molar-refractivity contribution is 5.94. The van der Waals surface area contributed by atoms with E-state index in [1.807, 2.05) is 43.9 Å². The largest absolute Gasteiger partial charge is 0.333 e. The molecule has 0 aliphatic carbocycles. The fraction of sp³-hybridized carbons (Fsp3) is 0.467. The summed E-state index contributed by atoms with van der Waals surface area (Å²) in [4.78, 5) is 18.7. The SMILES string of the molecule is CCN(Cc1cccc(C)n1)C(=O)C(C)=C1CNC1. The van der Waals surface area contributed by atoms with Gasteiger partial charge in [-0.3, -0.25) is 9.78 Å². The molecule has 0 bridgehead atoms. The molecule has 1 amide bonds. The Balaban J connectivity index is 2.10. The van der Waals surface area contributed by atoms with Crippen LogP contribution in [0.5, 0.6) is 0 Å². The van der Waals surface area contributed by atoms with Gasteiger partial charge in [0, 0.05) is 30.9 Å². The van der Waals surface area contributed by atoms with Crippen molar-refractivity contribution in [2.45, 2.75) is 27.3 Å². The molecule has 0 saturated carbocycles. The van der Waals surface area contributed by atoms with Crippen LogP contribution in [0.3, 0.4) is 0 Å². The van der Waals surface area contributed by atoms with Gasteiger partial charge in [-0.1, -0.05) is 6.07 Å². The van der Waals surface area contributed by atoms with Crippen molar-refractivity contribution in [1.82, 2.24) is 15.2 Å². The first-order valence-corrected chi connectivity index (χ1v) is 6.73. The summed E-state index contributed by atoms with van der Waals surface area (Å²) in [5.41, 5.74) is 4.04. The van der Waals surface area contributed by atoms with E-state index in [9.17, 15) is 4.79 Å². The highest BCUT2D eigenvalue weighted by atomic mass is 16.2. The first-order valence-electron chi connectivity index (χ1n) is 6.73. The molecule has 1 aromatic heterocycles. The molecule has 4 heteroatoms. The zero-order valence-corrected chi connectivity index (χ0v) is 11.9. The predicted molar refractivity (Wildman–Crippen MR) is 75.6 cm³/mol. The van der Waals surface area contributed by atoms with E-state index in [0.29, 0.717) is 13.1 Å². The Morgan fingerprint density at radius 3 is 2.68 bits per heavy atom. The van der Waals surface area contributed by atoms with Gasteiger partial charge >= 0.3 is 0 Å². The van der Waals surface area contributed by atoms with Crippen LogP contribution in [-0.4, -0.2) is 35.4 Å². The van der Waals surface area contributed by atoms with Gasteiger partial charge in [0.05, 0.1) is 12.2 Å². The highest BCUT2D eigenvalue weighted by Crippen LogP contribution is 2.13. The molecule has 1 N–H and O–H groups in total. The fourth-order valence-corrected chi connectivity index (χ4v) is 2.11. The zero-order valence-electron chi connectivity index (χ0n) is 11.9. The van der Waals surface area contributed by atoms with Crippen LogP contribution in [0, 0.1) is 6.92 Å². The minimum absolute atomic E-state index is 0.127. The van der Waals surface area contributed by atoms with Crippen LogP contribution in [0.15, 0.2) is 29.3 Å². The Morgan fingerprint density at radius 2 is 2.16 bits per heavy atom. The molecule has 0 atom stereocenters. The van der Waals surface area contributed by atoms with Gasteiger partial charge in [-0.15, -0.1) is 0 Å². The first kappa shape index (κ1) is 13.7.